The Morgan fingerprint density at radius 2 is 1.66 bits per heavy atom. The normalized spacial score (nSPS) is 11.7. The van der Waals surface area contributed by atoms with Gasteiger partial charge in [0, 0.05) is 20.5 Å². The molecule has 0 fully saturated rings. The van der Waals surface area contributed by atoms with Crippen molar-refractivity contribution in [3.63, 3.8) is 0 Å². The molecule has 0 unspecified atom stereocenters. The highest BCUT2D eigenvalue weighted by molar-refractivity contribution is 7.91. The van der Waals surface area contributed by atoms with Crippen LogP contribution < -0.4 is 5.73 Å². The second-order valence-corrected chi connectivity index (χ2v) is 9.52. The van der Waals surface area contributed by atoms with Crippen LogP contribution in [0.25, 0.3) is 34.3 Å². The van der Waals surface area contributed by atoms with Gasteiger partial charge in [0.15, 0.2) is 21.3 Å². The lowest BCUT2D eigenvalue weighted by atomic mass is 10.1. The molecule has 0 saturated heterocycles. The Morgan fingerprint density at radius 1 is 0.969 bits per heavy atom. The fraction of sp³-hybridized carbons (Fsp3) is 0.182. The number of sulfone groups is 1. The summed E-state index contributed by atoms with van der Waals surface area (Å²) in [5.41, 5.74) is 8.24. The van der Waals surface area contributed by atoms with Crippen LogP contribution in [-0.2, 0) is 9.84 Å². The topological polar surface area (TPSA) is 128 Å². The molecule has 2 heterocycles. The van der Waals surface area contributed by atoms with E-state index in [1.807, 2.05) is 49.3 Å². The number of nitrogens with two attached hydrogens (primary N) is 1. The Balaban J connectivity index is 0.00000204. The Bertz CT molecular complexity index is 1330. The summed E-state index contributed by atoms with van der Waals surface area (Å²) in [4.78, 5) is 10.8. The monoisotopic (exact) mass is 454 g/mol. The molecule has 0 saturated carbocycles. The number of benzene rings is 2. The largest absolute Gasteiger partial charge is 0.414 e. The summed E-state index contributed by atoms with van der Waals surface area (Å²) < 4.78 is 30.7. The van der Waals surface area contributed by atoms with E-state index in [2.05, 4.69) is 20.2 Å². The molecule has 4 aromatic rings. The molecule has 0 amide bonds. The van der Waals surface area contributed by atoms with Crippen molar-refractivity contribution in [2.45, 2.75) is 4.90 Å². The predicted octanol–water partition coefficient (Wildman–Crippen LogP) is 3.27. The zero-order valence-corrected chi connectivity index (χ0v) is 18.5. The average molecular weight is 455 g/mol. The Kier molecular flexibility index (Phi) is 5.97. The van der Waals surface area contributed by atoms with Gasteiger partial charge in [0.05, 0.1) is 22.5 Å². The summed E-state index contributed by atoms with van der Waals surface area (Å²) in [7, 11) is 0.304. The standard InChI is InChI=1S/C22H22N6O3S.2H2/c1-28(2)12-13-32(29,30)17-10-8-15(9-11-17)18-14-24-20(23)19(25-18)22-27-26-21(31-22)16-6-4-3-5-7-16;;/h3-11,14H,12-13H2,1-2H3,(H2,23,24);2*1H. The molecular weight excluding hydrogens is 428 g/mol. The van der Waals surface area contributed by atoms with E-state index >= 15 is 0 Å². The van der Waals surface area contributed by atoms with Crippen LogP contribution in [0.1, 0.15) is 2.85 Å². The first-order valence-electron chi connectivity index (χ1n) is 9.83. The first-order chi connectivity index (χ1) is 15.3. The van der Waals surface area contributed by atoms with Crippen LogP contribution in [0.15, 0.2) is 70.1 Å². The van der Waals surface area contributed by atoms with Crippen LogP contribution in [0.4, 0.5) is 5.82 Å². The van der Waals surface area contributed by atoms with Crippen LogP contribution in [0.2, 0.25) is 0 Å². The van der Waals surface area contributed by atoms with E-state index in [0.29, 0.717) is 23.7 Å². The molecule has 2 aromatic carbocycles. The quantitative estimate of drug-likeness (QED) is 0.447. The number of nitrogen functional groups attached to an aromatic ring is 1. The molecule has 168 valence electrons. The zero-order chi connectivity index (χ0) is 22.7. The van der Waals surface area contributed by atoms with Gasteiger partial charge in [0.1, 0.15) is 0 Å². The van der Waals surface area contributed by atoms with Gasteiger partial charge in [-0.25, -0.2) is 18.4 Å². The van der Waals surface area contributed by atoms with E-state index in [9.17, 15) is 8.42 Å². The molecule has 2 aromatic heterocycles. The van der Waals surface area contributed by atoms with Gasteiger partial charge in [-0.2, -0.15) is 0 Å². The van der Waals surface area contributed by atoms with Crippen LogP contribution in [-0.4, -0.2) is 59.9 Å². The first kappa shape index (κ1) is 21.6. The number of hydrogen-bond acceptors (Lipinski definition) is 9. The molecule has 0 aliphatic carbocycles. The van der Waals surface area contributed by atoms with Crippen LogP contribution >= 0.6 is 0 Å². The lowest BCUT2D eigenvalue weighted by molar-refractivity contribution is 0.432. The summed E-state index contributed by atoms with van der Waals surface area (Å²) in [6, 6.07) is 15.9. The van der Waals surface area contributed by atoms with E-state index in [0.717, 1.165) is 5.56 Å². The third-order valence-electron chi connectivity index (χ3n) is 4.77. The first-order valence-corrected chi connectivity index (χ1v) is 11.5. The van der Waals surface area contributed by atoms with Crippen molar-refractivity contribution in [2.75, 3.05) is 32.1 Å². The van der Waals surface area contributed by atoms with Crippen molar-refractivity contribution in [1.29, 1.82) is 0 Å². The highest BCUT2D eigenvalue weighted by Gasteiger charge is 2.18. The third kappa shape index (κ3) is 4.66. The number of rotatable bonds is 7. The predicted molar refractivity (Wildman–Crippen MR) is 125 cm³/mol. The second-order valence-electron chi connectivity index (χ2n) is 7.41. The molecule has 2 N–H and O–H groups in total. The summed E-state index contributed by atoms with van der Waals surface area (Å²) in [6.45, 7) is 0.450. The fourth-order valence-corrected chi connectivity index (χ4v) is 4.36. The molecule has 10 heteroatoms. The van der Waals surface area contributed by atoms with Crippen molar-refractivity contribution >= 4 is 15.7 Å². The second kappa shape index (κ2) is 8.85. The smallest absolute Gasteiger partial charge is 0.270 e. The maximum absolute atomic E-state index is 12.5. The maximum atomic E-state index is 12.5. The molecule has 4 rings (SSSR count). The van der Waals surface area contributed by atoms with Gasteiger partial charge < -0.3 is 15.1 Å². The van der Waals surface area contributed by atoms with E-state index < -0.39 is 9.84 Å². The molecule has 0 aliphatic heterocycles. The Labute approximate surface area is 188 Å². The van der Waals surface area contributed by atoms with Gasteiger partial charge in [0.25, 0.3) is 5.89 Å². The van der Waals surface area contributed by atoms with Crippen molar-refractivity contribution in [3.05, 3.63) is 60.8 Å². The van der Waals surface area contributed by atoms with Gasteiger partial charge in [-0.05, 0) is 38.4 Å². The number of hydrogen-bond donors (Lipinski definition) is 1. The van der Waals surface area contributed by atoms with E-state index in [1.165, 1.54) is 6.20 Å². The molecule has 0 atom stereocenters. The molecule has 0 bridgehead atoms. The summed E-state index contributed by atoms with van der Waals surface area (Å²) in [5.74, 6) is 0.699. The van der Waals surface area contributed by atoms with Crippen LogP contribution in [0.5, 0.6) is 0 Å². The molecule has 0 radical (unpaired) electrons. The van der Waals surface area contributed by atoms with Crippen molar-refractivity contribution in [3.8, 4) is 34.3 Å². The Hall–Kier alpha value is -3.63. The summed E-state index contributed by atoms with van der Waals surface area (Å²) in [6.07, 6.45) is 1.52. The van der Waals surface area contributed by atoms with E-state index in [-0.39, 0.29) is 30.9 Å². The van der Waals surface area contributed by atoms with Gasteiger partial charge in [-0.15, -0.1) is 10.2 Å². The minimum Gasteiger partial charge on any atom is -0.414 e. The summed E-state index contributed by atoms with van der Waals surface area (Å²) >= 11 is 0. The van der Waals surface area contributed by atoms with Gasteiger partial charge in [-0.1, -0.05) is 30.3 Å². The lowest BCUT2D eigenvalue weighted by Gasteiger charge is -2.10. The SMILES string of the molecule is CN(C)CCS(=O)(=O)c1ccc(-c2cnc(N)c(-c3nnc(-c4ccccc4)o3)n2)cc1.[HH].[HH]. The number of anilines is 1. The zero-order valence-electron chi connectivity index (χ0n) is 17.6. The third-order valence-corrected chi connectivity index (χ3v) is 6.48. The fourth-order valence-electron chi connectivity index (χ4n) is 2.96. The Morgan fingerprint density at radius 3 is 2.34 bits per heavy atom. The van der Waals surface area contributed by atoms with Crippen LogP contribution in [0.3, 0.4) is 0 Å². The number of nitrogens with zero attached hydrogens (tertiary/aromatic N) is 5. The van der Waals surface area contributed by atoms with Crippen molar-refractivity contribution in [2.24, 2.45) is 0 Å². The van der Waals surface area contributed by atoms with Gasteiger partial charge in [-0.3, -0.25) is 0 Å². The maximum Gasteiger partial charge on any atom is 0.270 e. The van der Waals surface area contributed by atoms with Gasteiger partial charge in [0.2, 0.25) is 5.89 Å². The van der Waals surface area contributed by atoms with Gasteiger partial charge >= 0.3 is 0 Å². The summed E-state index contributed by atoms with van der Waals surface area (Å²) in [5, 5.41) is 8.12. The lowest BCUT2D eigenvalue weighted by Crippen LogP contribution is -2.21. The molecule has 0 spiro atoms. The van der Waals surface area contributed by atoms with Crippen molar-refractivity contribution < 1.29 is 15.7 Å². The number of aromatic nitrogens is 4. The molecule has 9 nitrogen and oxygen atoms in total. The minimum absolute atomic E-state index is 0. The average Bonchev–Trinajstić information content (AvgIpc) is 3.29. The van der Waals surface area contributed by atoms with Crippen LogP contribution in [0, 0.1) is 0 Å². The van der Waals surface area contributed by atoms with E-state index in [4.69, 9.17) is 10.2 Å². The molecule has 0 aliphatic rings. The van der Waals surface area contributed by atoms with E-state index in [1.54, 1.807) is 24.3 Å². The molecule has 32 heavy (non-hydrogen) atoms. The highest BCUT2D eigenvalue weighted by atomic mass is 32.2. The van der Waals surface area contributed by atoms with Crippen molar-refractivity contribution in [1.82, 2.24) is 25.1 Å². The minimum atomic E-state index is -3.37. The molecular formula is C22H26N6O3S. The highest BCUT2D eigenvalue weighted by Crippen LogP contribution is 2.28.